The average Bonchev–Trinajstić information content (AvgIpc) is 0.790. The maximum Gasteiger partial charge on any atom is 0.229 e. The molecule has 0 radical (unpaired) electrons. The van der Waals surface area contributed by atoms with Crippen LogP contribution in [0.2, 0.25) is 0 Å². The monoisotopic (exact) mass is 1920 g/mol. The summed E-state index contributed by atoms with van der Waals surface area (Å²) in [6, 6.07) is 20.2. The van der Waals surface area contributed by atoms with E-state index in [-0.39, 0.29) is 116 Å². The number of carbonyl (C=O) groups is 5. The predicted molar refractivity (Wildman–Crippen MR) is 538 cm³/mol. The molecule has 15 rings (SSSR count). The predicted octanol–water partition coefficient (Wildman–Crippen LogP) is 20.9. The molecule has 0 spiro atoms. The molecule has 5 aromatic heterocycles. The Bertz CT molecular complexity index is 7630. The number of hydrogen-bond donors (Lipinski definition) is 0. The van der Waals surface area contributed by atoms with Gasteiger partial charge in [0.1, 0.15) is 28.6 Å². The molecule has 5 amide bonds. The van der Waals surface area contributed by atoms with Gasteiger partial charge >= 0.3 is 0 Å². The van der Waals surface area contributed by atoms with Crippen LogP contribution in [-0.2, 0) is 79.5 Å². The Labute approximate surface area is 876 Å². The Hall–Kier alpha value is -8.45. The zero-order chi connectivity index (χ0) is 142. The van der Waals surface area contributed by atoms with Gasteiger partial charge in [-0.2, -0.15) is 0 Å². The van der Waals surface area contributed by atoms with E-state index in [9.17, 15) is 24.0 Å². The van der Waals surface area contributed by atoms with Crippen LogP contribution in [0, 0.1) is 0 Å². The maximum absolute atomic E-state index is 13.6. The largest absolute Gasteiger partial charge is 0.358 e. The molecule has 130 heavy (non-hydrogen) atoms. The van der Waals surface area contributed by atoms with E-state index in [0.717, 1.165) is 83.2 Å². The lowest BCUT2D eigenvalue weighted by atomic mass is 9.96. The van der Waals surface area contributed by atoms with Gasteiger partial charge in [-0.05, 0) is 150 Å². The lowest BCUT2D eigenvalue weighted by Crippen LogP contribution is -2.59. The summed E-state index contributed by atoms with van der Waals surface area (Å²) >= 11 is 5.36. The van der Waals surface area contributed by atoms with Crippen molar-refractivity contribution in [1.82, 2.24) is 24.5 Å². The van der Waals surface area contributed by atoms with Crippen LogP contribution in [0.3, 0.4) is 0 Å². The fourth-order valence-electron chi connectivity index (χ4n) is 14.9. The van der Waals surface area contributed by atoms with Crippen molar-refractivity contribution in [3.05, 3.63) is 263 Å². The molecule has 0 N–H and O–H groups in total. The zero-order valence-electron chi connectivity index (χ0n) is 130. The molecule has 700 valence electrons. The number of thiophene rings is 5. The standard InChI is InChI=1S/5C21H28N2O2S/c5*1-3-20(24)23(18-8-5-4-6-9-18)21(25-2)12-15-22(16-13-21)14-11-19-10-7-17-26-19/h5*4-10,17H,3,11-16H2,1-2H3/i2D3,3D2,4D,5D,6D,8D,9D,11D2,14D2;1D3,2D3,4D,5D,6D,8D,9D,11D2,14D2;1D3,4D,5D,6D,8D,9D,11D2,14D2;1D3,2D3,11D2,14D2;1D3,11D2,14D2. The Morgan fingerprint density at radius 2 is 0.523 bits per heavy atom. The molecular formula is C105H140N10O10S5. The molecular weight excluding hydrogens is 1720 g/mol. The summed E-state index contributed by atoms with van der Waals surface area (Å²) < 4.78 is 498. The number of nitrogens with zero attached hydrogens (tertiary/aromatic N) is 10. The molecule has 10 heterocycles. The van der Waals surface area contributed by atoms with Crippen molar-refractivity contribution in [2.75, 3.05) is 158 Å². The van der Waals surface area contributed by atoms with Crippen LogP contribution in [-0.4, -0.2) is 216 Å². The van der Waals surface area contributed by atoms with Gasteiger partial charge in [0, 0.05) is 329 Å². The van der Waals surface area contributed by atoms with E-state index in [1.165, 1.54) is 58.1 Å². The van der Waals surface area contributed by atoms with Gasteiger partial charge < -0.3 is 48.2 Å². The number of carbonyl (C=O) groups excluding carboxylic acids is 5. The molecule has 25 heteroatoms. The number of likely N-dealkylation sites (tertiary alicyclic amines) is 5. The molecule has 20 nitrogen and oxygen atoms in total. The first kappa shape index (κ1) is 49.2. The van der Waals surface area contributed by atoms with Gasteiger partial charge in [-0.3, -0.25) is 48.5 Å². The summed E-state index contributed by atoms with van der Waals surface area (Å²) in [5.74, 6) is -5.22. The highest BCUT2D eigenvalue weighted by Gasteiger charge is 2.48. The molecule has 10 aromatic rings. The maximum atomic E-state index is 13.6. The summed E-state index contributed by atoms with van der Waals surface area (Å²) in [4.78, 5) is 78.3. The van der Waals surface area contributed by atoms with Crippen molar-refractivity contribution in [2.45, 2.75) is 191 Å². The minimum atomic E-state index is -3.22. The number of methoxy groups -OCH3 is 5. The third-order valence-corrected chi connectivity index (χ3v) is 25.5. The van der Waals surface area contributed by atoms with Gasteiger partial charge in [0.05, 0.1) is 32.9 Å². The summed E-state index contributed by atoms with van der Waals surface area (Å²) in [6.07, 6.45) is -20.8. The first-order chi connectivity index (χ1) is 85.9. The highest BCUT2D eigenvalue weighted by molar-refractivity contribution is 7.11. The summed E-state index contributed by atoms with van der Waals surface area (Å²) in [5, 5.41) is 8.19. The van der Waals surface area contributed by atoms with Crippen LogP contribution in [0.25, 0.3) is 0 Å². The second-order valence-electron chi connectivity index (χ2n) is 29.1. The third kappa shape index (κ3) is 27.6. The van der Waals surface area contributed by atoms with Gasteiger partial charge in [-0.25, -0.2) is 0 Å². The second kappa shape index (κ2) is 52.3. The summed E-state index contributed by atoms with van der Waals surface area (Å²) in [7, 11) is -6.69. The molecule has 5 aliphatic heterocycles. The molecule has 5 fully saturated rings. The van der Waals surface area contributed by atoms with Crippen LogP contribution in [0.5, 0.6) is 0 Å². The zero-order valence-corrected chi connectivity index (χ0v) is 75.6. The highest BCUT2D eigenvalue weighted by atomic mass is 32.1. The van der Waals surface area contributed by atoms with Crippen LogP contribution in [0.4, 0.5) is 28.4 Å². The van der Waals surface area contributed by atoms with Crippen molar-refractivity contribution in [3.8, 4) is 0 Å². The van der Waals surface area contributed by atoms with Crippen LogP contribution >= 0.6 is 56.7 Å². The van der Waals surface area contributed by atoms with Crippen LogP contribution in [0.15, 0.2) is 239 Å². The Balaban J connectivity index is 0.000000218. The molecule has 0 aliphatic carbocycles. The smallest absolute Gasteiger partial charge is 0.229 e. The summed E-state index contributed by atoms with van der Waals surface area (Å²) in [6.45, 7) is -24.2. The number of amides is 5. The Morgan fingerprint density at radius 1 is 0.308 bits per heavy atom. The number of anilines is 5. The van der Waals surface area contributed by atoms with E-state index in [1.54, 1.807) is 124 Å². The van der Waals surface area contributed by atoms with Gasteiger partial charge in [0.15, 0.2) is 0 Å². The summed E-state index contributed by atoms with van der Waals surface area (Å²) in [5.41, 5.74) is -10.6. The Kier molecular flexibility index (Phi) is 19.8. The first-order valence-corrected chi connectivity index (χ1v) is 45.4. The molecule has 5 aromatic carbocycles. The van der Waals surface area contributed by atoms with E-state index >= 15 is 0 Å². The van der Waals surface area contributed by atoms with Gasteiger partial charge in [-0.1, -0.05) is 155 Å². The van der Waals surface area contributed by atoms with Crippen molar-refractivity contribution in [2.24, 2.45) is 0 Å². The van der Waals surface area contributed by atoms with E-state index in [4.69, 9.17) is 103 Å². The minimum absolute atomic E-state index is 0.103. The second-order valence-corrected chi connectivity index (χ2v) is 33.8. The van der Waals surface area contributed by atoms with E-state index < -0.39 is 350 Å². The average molecular weight is 1920 g/mol. The number of ether oxygens (including phenoxy) is 5. The number of piperidine rings is 5. The van der Waals surface area contributed by atoms with Gasteiger partial charge in [0.25, 0.3) is 0 Å². The quantitative estimate of drug-likeness (QED) is 0.0344. The van der Waals surface area contributed by atoms with E-state index in [1.807, 2.05) is 0 Å². The number of benzene rings is 5. The Morgan fingerprint density at radius 3 is 0.715 bits per heavy atom. The number of hydrogen-bond acceptors (Lipinski definition) is 20. The minimum Gasteiger partial charge on any atom is -0.358 e. The lowest BCUT2D eigenvalue weighted by Gasteiger charge is -2.47. The molecule has 0 saturated carbocycles. The normalized spacial score (nSPS) is 25.6. The third-order valence-electron chi connectivity index (χ3n) is 21.6. The van der Waals surface area contributed by atoms with Crippen molar-refractivity contribution >= 4 is 115 Å². The molecule has 0 atom stereocenters. The highest BCUT2D eigenvalue weighted by Crippen LogP contribution is 2.41. The molecule has 5 aliphatic rings. The van der Waals surface area contributed by atoms with Crippen LogP contribution < -0.4 is 24.5 Å². The number of para-hydroxylation sites is 5. The van der Waals surface area contributed by atoms with Gasteiger partial charge in [0.2, 0.25) is 29.5 Å². The number of rotatable bonds is 35. The molecule has 0 bridgehead atoms. The molecule has 0 unspecified atom stereocenters. The fraction of sp³-hybridized carbons (Fsp3) is 0.476. The van der Waals surface area contributed by atoms with Gasteiger partial charge in [-0.15, -0.1) is 56.7 Å². The van der Waals surface area contributed by atoms with Crippen molar-refractivity contribution < 1.29 is 127 Å². The SMILES string of the molecule is [2H]C([2H])([2H])CC(=O)N(c1ccccc1)C1(OC([2H])([2H])[2H])CCN(C([2H])([2H])C([2H])([2H])c2cccs2)CC1.[2H]C([2H])([2H])CC(=O)N(c1ccccc1)C1(OC)CCN(C([2H])([2H])C([2H])([2H])c2cccs2)CC1.[2H]c1c([2H])c([2H])c(N(C(=O)C([2H])([2H])C)C2(OC([2H])([2H])[2H])CCN(C([2H])([2H])C([2H])([2H])c3cccs3)CC2)c([2H])c1[2H].[2H]c1c([2H])c([2H])c(N(C(=O)CC([2H])([2H])[2H])C2(OC([2H])([2H])[2H])CCN(C([2H])([2H])C([2H])([2H])c3cccs3)CC2)c([2H])c1[2H].[2H]c1c([2H])c([2H])c(N(C(=O)CC([2H])([2H])[2H])C2(OC)CCN(C([2H])([2H])C([2H])([2H])c3cccs3)CC2)c([2H])c1[2H]. The lowest BCUT2D eigenvalue weighted by molar-refractivity contribution is -0.128. The van der Waals surface area contributed by atoms with Crippen molar-refractivity contribution in [1.29, 1.82) is 0 Å². The first-order valence-electron chi connectivity index (χ1n) is 70.0. The van der Waals surface area contributed by atoms with Crippen molar-refractivity contribution in [3.63, 3.8) is 0 Å². The number of aryl methyl sites for hydroxylation is 5. The molecule has 5 saturated heterocycles. The topological polar surface area (TPSA) is 164 Å². The van der Waals surface area contributed by atoms with E-state index in [0.29, 0.717) is 20.4 Å². The fourth-order valence-corrected chi connectivity index (χ4v) is 17.7. The van der Waals surface area contributed by atoms with E-state index in [2.05, 4.69) is 0 Å². The van der Waals surface area contributed by atoms with Crippen LogP contribution in [0.1, 0.15) is 234 Å².